The van der Waals surface area contributed by atoms with Crippen LogP contribution in [0.2, 0.25) is 0 Å². The highest BCUT2D eigenvalue weighted by Gasteiger charge is 2.45. The van der Waals surface area contributed by atoms with Gasteiger partial charge in [0.05, 0.1) is 17.8 Å². The van der Waals surface area contributed by atoms with Crippen LogP contribution in [0.4, 0.5) is 4.39 Å². The van der Waals surface area contributed by atoms with Crippen LogP contribution in [0.5, 0.6) is 0 Å². The second-order valence-corrected chi connectivity index (χ2v) is 10.7. The summed E-state index contributed by atoms with van der Waals surface area (Å²) < 4.78 is 15.8. The van der Waals surface area contributed by atoms with Crippen molar-refractivity contribution in [3.63, 3.8) is 0 Å². The van der Waals surface area contributed by atoms with Crippen molar-refractivity contribution >= 4 is 11.8 Å². The molecule has 0 spiro atoms. The van der Waals surface area contributed by atoms with Gasteiger partial charge < -0.3 is 15.3 Å². The van der Waals surface area contributed by atoms with Crippen molar-refractivity contribution in [1.82, 2.24) is 30.2 Å². The van der Waals surface area contributed by atoms with Crippen LogP contribution in [0.3, 0.4) is 0 Å². The number of hydrogen-bond acceptors (Lipinski definition) is 6. The van der Waals surface area contributed by atoms with E-state index in [1.54, 1.807) is 24.6 Å². The lowest BCUT2D eigenvalue weighted by Crippen LogP contribution is -2.50. The molecule has 1 aliphatic heterocycles. The molecule has 2 aliphatic rings. The Bertz CT molecular complexity index is 1080. The van der Waals surface area contributed by atoms with E-state index in [1.807, 2.05) is 27.0 Å². The normalized spacial score (nSPS) is 22.5. The summed E-state index contributed by atoms with van der Waals surface area (Å²) in [5.41, 5.74) is 1.41. The minimum atomic E-state index is -0.873. The van der Waals surface area contributed by atoms with Crippen molar-refractivity contribution in [2.45, 2.75) is 84.0 Å². The fourth-order valence-corrected chi connectivity index (χ4v) is 4.59. The first kappa shape index (κ1) is 24.3. The van der Waals surface area contributed by atoms with Gasteiger partial charge in [-0.1, -0.05) is 26.0 Å². The number of amides is 2. The van der Waals surface area contributed by atoms with E-state index in [-0.39, 0.29) is 24.4 Å². The summed E-state index contributed by atoms with van der Waals surface area (Å²) in [6, 6.07) is -0.576. The van der Waals surface area contributed by atoms with Crippen LogP contribution in [-0.2, 0) is 9.59 Å². The number of nitrogens with one attached hydrogen (secondary N) is 1. The highest BCUT2D eigenvalue weighted by molar-refractivity contribution is 5.90. The zero-order chi connectivity index (χ0) is 24.8. The average Bonchev–Trinajstić information content (AvgIpc) is 3.36. The van der Waals surface area contributed by atoms with Crippen molar-refractivity contribution in [1.29, 1.82) is 0 Å². The number of aliphatic hydroxyl groups excluding tert-OH is 1. The largest absolute Gasteiger partial charge is 0.391 e. The number of aromatic nitrogens is 4. The lowest BCUT2D eigenvalue weighted by atomic mass is 9.85. The first-order valence-corrected chi connectivity index (χ1v) is 11.8. The van der Waals surface area contributed by atoms with E-state index in [0.29, 0.717) is 5.92 Å². The Morgan fingerprint density at radius 2 is 2.00 bits per heavy atom. The number of halogens is 1. The quantitative estimate of drug-likeness (QED) is 0.625. The number of likely N-dealkylation sites (tertiary alicyclic amines) is 1. The zero-order valence-corrected chi connectivity index (χ0v) is 20.3. The number of rotatable bonds is 6. The predicted molar refractivity (Wildman–Crippen MR) is 122 cm³/mol. The van der Waals surface area contributed by atoms with Crippen molar-refractivity contribution in [2.24, 2.45) is 5.41 Å². The third-order valence-corrected chi connectivity index (χ3v) is 6.54. The lowest BCUT2D eigenvalue weighted by molar-refractivity contribution is -0.144. The number of β-amino-alcohol motifs (C(OH)–C–C–N with tert-alkyl or cyclic N) is 1. The van der Waals surface area contributed by atoms with Crippen LogP contribution < -0.4 is 5.32 Å². The van der Waals surface area contributed by atoms with Gasteiger partial charge in [0, 0.05) is 36.8 Å². The molecule has 3 heterocycles. The number of carbonyl (C=O) groups is 2. The Labute approximate surface area is 198 Å². The fraction of sp³-hybridized carbons (Fsp3) is 0.625. The van der Waals surface area contributed by atoms with E-state index in [9.17, 15) is 19.1 Å². The summed E-state index contributed by atoms with van der Waals surface area (Å²) >= 11 is 0. The summed E-state index contributed by atoms with van der Waals surface area (Å²) in [6.07, 6.45) is 4.67. The maximum absolute atomic E-state index is 14.2. The van der Waals surface area contributed by atoms with Gasteiger partial charge in [0.2, 0.25) is 17.8 Å². The molecule has 1 saturated heterocycles. The Morgan fingerprint density at radius 3 is 2.65 bits per heavy atom. The minimum Gasteiger partial charge on any atom is -0.391 e. The summed E-state index contributed by atoms with van der Waals surface area (Å²) in [7, 11) is 0. The number of aliphatic hydroxyl groups is 1. The topological polar surface area (TPSA) is 113 Å². The molecule has 2 N–H and O–H groups in total. The van der Waals surface area contributed by atoms with Gasteiger partial charge >= 0.3 is 0 Å². The van der Waals surface area contributed by atoms with Crippen LogP contribution in [0.25, 0.3) is 0 Å². The second kappa shape index (κ2) is 9.05. The third kappa shape index (κ3) is 4.96. The number of carbonyl (C=O) groups excluding carboxylic acids is 2. The standard InChI is InChI=1S/C24H33FN6O3/c1-13-8-17(21(25)26-10-13)14(2)27-22(33)19-9-16(32)11-30(19)23(34)20(24(3,4)5)31-12-18(28-29-31)15-6-7-15/h8,10,12,14-16,19-20,32H,6-7,9,11H2,1-5H3,(H,27,33)/t14?,16-,19+,20-/m1/s1. The maximum atomic E-state index is 14.2. The van der Waals surface area contributed by atoms with Gasteiger partial charge in [0.25, 0.3) is 0 Å². The Hall–Kier alpha value is -2.88. The first-order valence-electron chi connectivity index (χ1n) is 11.8. The molecule has 2 aromatic heterocycles. The number of hydrogen-bond donors (Lipinski definition) is 2. The van der Waals surface area contributed by atoms with Crippen molar-refractivity contribution in [3.8, 4) is 0 Å². The van der Waals surface area contributed by atoms with Crippen molar-refractivity contribution in [2.75, 3.05) is 6.54 Å². The van der Waals surface area contributed by atoms with Gasteiger partial charge in [0.15, 0.2) is 0 Å². The van der Waals surface area contributed by atoms with E-state index < -0.39 is 41.5 Å². The summed E-state index contributed by atoms with van der Waals surface area (Å²) in [5.74, 6) is -0.992. The summed E-state index contributed by atoms with van der Waals surface area (Å²) in [4.78, 5) is 32.1. The molecule has 0 bridgehead atoms. The van der Waals surface area contributed by atoms with E-state index in [4.69, 9.17) is 0 Å². The highest BCUT2D eigenvalue weighted by atomic mass is 19.1. The van der Waals surface area contributed by atoms with Gasteiger partial charge in [-0.25, -0.2) is 9.67 Å². The number of aryl methyl sites for hydroxylation is 1. The fourth-order valence-electron chi connectivity index (χ4n) is 4.59. The molecule has 10 heteroatoms. The molecule has 0 aromatic carbocycles. The Kier molecular flexibility index (Phi) is 6.46. The molecule has 2 aromatic rings. The maximum Gasteiger partial charge on any atom is 0.248 e. The van der Waals surface area contributed by atoms with E-state index in [2.05, 4.69) is 20.6 Å². The summed E-state index contributed by atoms with van der Waals surface area (Å²) in [6.45, 7) is 9.31. The highest BCUT2D eigenvalue weighted by Crippen LogP contribution is 2.40. The van der Waals surface area contributed by atoms with Crippen LogP contribution in [0, 0.1) is 18.3 Å². The molecule has 1 aliphatic carbocycles. The molecular weight excluding hydrogens is 439 g/mol. The van der Waals surface area contributed by atoms with Crippen LogP contribution in [-0.4, -0.2) is 60.5 Å². The molecule has 0 radical (unpaired) electrons. The molecule has 9 nitrogen and oxygen atoms in total. The first-order chi connectivity index (χ1) is 16.0. The van der Waals surface area contributed by atoms with Gasteiger partial charge in [-0.05, 0) is 43.7 Å². The third-order valence-electron chi connectivity index (χ3n) is 6.54. The van der Waals surface area contributed by atoms with E-state index >= 15 is 0 Å². The second-order valence-electron chi connectivity index (χ2n) is 10.7. The molecule has 34 heavy (non-hydrogen) atoms. The smallest absolute Gasteiger partial charge is 0.248 e. The zero-order valence-electron chi connectivity index (χ0n) is 20.3. The average molecular weight is 473 g/mol. The molecule has 1 unspecified atom stereocenters. The number of pyridine rings is 1. The van der Waals surface area contributed by atoms with E-state index in [1.165, 1.54) is 11.1 Å². The van der Waals surface area contributed by atoms with E-state index in [0.717, 1.165) is 24.1 Å². The molecule has 184 valence electrons. The Balaban J connectivity index is 1.55. The van der Waals surface area contributed by atoms with Gasteiger partial charge in [-0.2, -0.15) is 4.39 Å². The predicted octanol–water partition coefficient (Wildman–Crippen LogP) is 2.42. The molecule has 4 rings (SSSR count). The molecule has 4 atom stereocenters. The van der Waals surface area contributed by atoms with Gasteiger partial charge in [0.1, 0.15) is 12.1 Å². The number of nitrogens with zero attached hydrogens (tertiary/aromatic N) is 5. The van der Waals surface area contributed by atoms with Crippen molar-refractivity contribution in [3.05, 3.63) is 41.2 Å². The Morgan fingerprint density at radius 1 is 1.29 bits per heavy atom. The SMILES string of the molecule is Cc1cnc(F)c(C(C)NC(=O)[C@@H]2C[C@@H](O)CN2C(=O)[C@@H](n2cc(C3CC3)nn2)C(C)(C)C)c1. The molecule has 2 fully saturated rings. The van der Waals surface area contributed by atoms with Crippen LogP contribution in [0.15, 0.2) is 18.5 Å². The molecule has 2 amide bonds. The van der Waals surface area contributed by atoms with Crippen LogP contribution in [0.1, 0.15) is 81.8 Å². The van der Waals surface area contributed by atoms with Gasteiger partial charge in [-0.3, -0.25) is 9.59 Å². The van der Waals surface area contributed by atoms with Crippen LogP contribution >= 0.6 is 0 Å². The molecule has 1 saturated carbocycles. The van der Waals surface area contributed by atoms with Gasteiger partial charge in [-0.15, -0.1) is 5.10 Å². The minimum absolute atomic E-state index is 0.0441. The summed E-state index contributed by atoms with van der Waals surface area (Å²) in [5, 5.41) is 21.6. The monoisotopic (exact) mass is 472 g/mol. The van der Waals surface area contributed by atoms with Crippen molar-refractivity contribution < 1.29 is 19.1 Å². The lowest BCUT2D eigenvalue weighted by Gasteiger charge is -2.34. The molecular formula is C24H33FN6O3.